The Labute approximate surface area is 151 Å². The molecule has 6 nitrogen and oxygen atoms in total. The van der Waals surface area contributed by atoms with Crippen LogP contribution in [0.5, 0.6) is 5.75 Å². The zero-order valence-electron chi connectivity index (χ0n) is 14.6. The van der Waals surface area contributed by atoms with Crippen LogP contribution in [0.25, 0.3) is 5.70 Å². The number of esters is 1. The number of amides is 2. The third kappa shape index (κ3) is 3.54. The van der Waals surface area contributed by atoms with Gasteiger partial charge in [0.2, 0.25) is 0 Å². The molecular weight excluding hydrogens is 332 g/mol. The second-order valence-corrected chi connectivity index (χ2v) is 5.68. The van der Waals surface area contributed by atoms with E-state index in [0.29, 0.717) is 17.0 Å². The lowest BCUT2D eigenvalue weighted by Gasteiger charge is -2.29. The summed E-state index contributed by atoms with van der Waals surface area (Å²) in [5.41, 5.74) is 2.32. The third-order valence-electron chi connectivity index (χ3n) is 4.08. The lowest BCUT2D eigenvalue weighted by Crippen LogP contribution is -2.45. The van der Waals surface area contributed by atoms with E-state index >= 15 is 0 Å². The summed E-state index contributed by atoms with van der Waals surface area (Å²) < 4.78 is 10.4. The molecule has 0 saturated heterocycles. The lowest BCUT2D eigenvalue weighted by atomic mass is 9.92. The monoisotopic (exact) mass is 352 g/mol. The molecule has 0 spiro atoms. The van der Waals surface area contributed by atoms with Gasteiger partial charge in [-0.3, -0.25) is 0 Å². The molecule has 0 radical (unpaired) electrons. The van der Waals surface area contributed by atoms with Crippen LogP contribution in [0.15, 0.2) is 60.2 Å². The zero-order chi connectivity index (χ0) is 18.5. The van der Waals surface area contributed by atoms with Gasteiger partial charge in [0.15, 0.2) is 0 Å². The normalized spacial score (nSPS) is 16.5. The quantitative estimate of drug-likeness (QED) is 0.811. The summed E-state index contributed by atoms with van der Waals surface area (Å²) in [4.78, 5) is 24.9. The van der Waals surface area contributed by atoms with Gasteiger partial charge in [-0.1, -0.05) is 42.5 Å². The van der Waals surface area contributed by atoms with Crippen molar-refractivity contribution >= 4 is 17.7 Å². The largest absolute Gasteiger partial charge is 0.497 e. The summed E-state index contributed by atoms with van der Waals surface area (Å²) in [7, 11) is 1.58. The second-order valence-electron chi connectivity index (χ2n) is 5.68. The Kier molecular flexibility index (Phi) is 5.22. The molecule has 1 aliphatic rings. The summed E-state index contributed by atoms with van der Waals surface area (Å²) in [6.45, 7) is 1.99. The maximum absolute atomic E-state index is 12.7. The molecule has 0 unspecified atom stereocenters. The van der Waals surface area contributed by atoms with Crippen molar-refractivity contribution in [1.29, 1.82) is 0 Å². The minimum Gasteiger partial charge on any atom is -0.497 e. The van der Waals surface area contributed by atoms with Crippen molar-refractivity contribution in [3.63, 3.8) is 0 Å². The fraction of sp³-hybridized carbons (Fsp3) is 0.200. The Morgan fingerprint density at radius 1 is 1.08 bits per heavy atom. The van der Waals surface area contributed by atoms with Crippen LogP contribution in [-0.2, 0) is 9.53 Å². The van der Waals surface area contributed by atoms with Gasteiger partial charge >= 0.3 is 12.0 Å². The Hall–Kier alpha value is -3.28. The Morgan fingerprint density at radius 3 is 2.38 bits per heavy atom. The number of hydrogen-bond donors (Lipinski definition) is 2. The van der Waals surface area contributed by atoms with Crippen LogP contribution in [-0.4, -0.2) is 25.7 Å². The van der Waals surface area contributed by atoms with Gasteiger partial charge in [-0.05, 0) is 30.2 Å². The lowest BCUT2D eigenvalue weighted by molar-refractivity contribution is -0.138. The molecule has 6 heteroatoms. The molecular formula is C20H20N2O4. The maximum Gasteiger partial charge on any atom is 0.338 e. The number of urea groups is 1. The number of carbonyl (C=O) groups excluding carboxylic acids is 2. The van der Waals surface area contributed by atoms with Crippen molar-refractivity contribution in [2.75, 3.05) is 13.7 Å². The fourth-order valence-corrected chi connectivity index (χ4v) is 2.87. The number of ether oxygens (including phenoxy) is 2. The number of hydrogen-bond acceptors (Lipinski definition) is 4. The van der Waals surface area contributed by atoms with Crippen LogP contribution < -0.4 is 15.4 Å². The standard InChI is InChI=1S/C20H20N2O4/c1-3-26-19(23)16-17(13-7-5-4-6-8-13)21-20(24)22-18(16)14-9-11-15(25-2)12-10-14/h4-12,18H,3H2,1-2H3,(H2,21,22,24)/t18-/m0/s1. The first-order valence-corrected chi connectivity index (χ1v) is 8.32. The van der Waals surface area contributed by atoms with Gasteiger partial charge in [0.25, 0.3) is 0 Å². The van der Waals surface area contributed by atoms with E-state index in [1.54, 1.807) is 26.2 Å². The summed E-state index contributed by atoms with van der Waals surface area (Å²) in [6, 6.07) is 15.5. The molecule has 2 aromatic rings. The zero-order valence-corrected chi connectivity index (χ0v) is 14.6. The highest BCUT2D eigenvalue weighted by Gasteiger charge is 2.34. The van der Waals surface area contributed by atoms with E-state index in [4.69, 9.17) is 9.47 Å². The first-order valence-electron chi connectivity index (χ1n) is 8.32. The van der Waals surface area contributed by atoms with Crippen molar-refractivity contribution in [1.82, 2.24) is 10.6 Å². The molecule has 2 aromatic carbocycles. The molecule has 0 fully saturated rings. The predicted molar refractivity (Wildman–Crippen MR) is 97.4 cm³/mol. The minimum atomic E-state index is -0.621. The van der Waals surface area contributed by atoms with E-state index < -0.39 is 12.0 Å². The van der Waals surface area contributed by atoms with Gasteiger partial charge in [-0.15, -0.1) is 0 Å². The molecule has 2 N–H and O–H groups in total. The number of benzene rings is 2. The van der Waals surface area contributed by atoms with Crippen LogP contribution in [0.1, 0.15) is 24.1 Å². The first kappa shape index (κ1) is 17.5. The van der Waals surface area contributed by atoms with Gasteiger partial charge in [-0.2, -0.15) is 0 Å². The van der Waals surface area contributed by atoms with Crippen LogP contribution in [0.2, 0.25) is 0 Å². The van der Waals surface area contributed by atoms with Crippen LogP contribution in [0, 0.1) is 0 Å². The van der Waals surface area contributed by atoms with Gasteiger partial charge in [0, 0.05) is 0 Å². The average molecular weight is 352 g/mol. The molecule has 26 heavy (non-hydrogen) atoms. The van der Waals surface area contributed by atoms with Crippen molar-refractivity contribution in [2.24, 2.45) is 0 Å². The molecule has 1 heterocycles. The minimum absolute atomic E-state index is 0.244. The van der Waals surface area contributed by atoms with Crippen molar-refractivity contribution < 1.29 is 19.1 Å². The topological polar surface area (TPSA) is 76.7 Å². The smallest absolute Gasteiger partial charge is 0.338 e. The number of nitrogens with one attached hydrogen (secondary N) is 2. The van der Waals surface area contributed by atoms with E-state index in [9.17, 15) is 9.59 Å². The molecule has 0 aromatic heterocycles. The molecule has 0 aliphatic carbocycles. The van der Waals surface area contributed by atoms with E-state index in [0.717, 1.165) is 11.1 Å². The highest BCUT2D eigenvalue weighted by Crippen LogP contribution is 2.32. The fourth-order valence-electron chi connectivity index (χ4n) is 2.87. The number of rotatable bonds is 5. The van der Waals surface area contributed by atoms with Crippen molar-refractivity contribution in [3.8, 4) is 5.75 Å². The number of methoxy groups -OCH3 is 1. The van der Waals surface area contributed by atoms with Gasteiger partial charge in [-0.25, -0.2) is 9.59 Å². The Morgan fingerprint density at radius 2 is 1.77 bits per heavy atom. The van der Waals surface area contributed by atoms with Gasteiger partial charge in [0.05, 0.1) is 31.0 Å². The Balaban J connectivity index is 2.13. The molecule has 134 valence electrons. The first-order chi connectivity index (χ1) is 12.6. The second kappa shape index (κ2) is 7.74. The summed E-state index contributed by atoms with van der Waals surface area (Å²) in [5, 5.41) is 5.56. The van der Waals surface area contributed by atoms with E-state index in [2.05, 4.69) is 10.6 Å². The van der Waals surface area contributed by atoms with Crippen LogP contribution >= 0.6 is 0 Å². The van der Waals surface area contributed by atoms with E-state index in [1.165, 1.54) is 0 Å². The molecule has 3 rings (SSSR count). The SMILES string of the molecule is CCOC(=O)C1=C(c2ccccc2)NC(=O)N[C@H]1c1ccc(OC)cc1. The van der Waals surface area contributed by atoms with Gasteiger partial charge < -0.3 is 20.1 Å². The average Bonchev–Trinajstić information content (AvgIpc) is 2.68. The third-order valence-corrected chi connectivity index (χ3v) is 4.08. The van der Waals surface area contributed by atoms with E-state index in [-0.39, 0.29) is 12.6 Å². The molecule has 1 atom stereocenters. The summed E-state index contributed by atoms with van der Waals surface area (Å²) in [6.07, 6.45) is 0. The summed E-state index contributed by atoms with van der Waals surface area (Å²) >= 11 is 0. The van der Waals surface area contributed by atoms with Crippen LogP contribution in [0.4, 0.5) is 4.79 Å². The molecule has 1 aliphatic heterocycles. The maximum atomic E-state index is 12.7. The molecule has 0 bridgehead atoms. The molecule has 2 amide bonds. The number of carbonyl (C=O) groups is 2. The highest BCUT2D eigenvalue weighted by molar-refractivity contribution is 6.04. The Bertz CT molecular complexity index is 829. The van der Waals surface area contributed by atoms with Crippen LogP contribution in [0.3, 0.4) is 0 Å². The van der Waals surface area contributed by atoms with Crippen molar-refractivity contribution in [2.45, 2.75) is 13.0 Å². The highest BCUT2D eigenvalue weighted by atomic mass is 16.5. The summed E-state index contributed by atoms with van der Waals surface area (Å²) in [5.74, 6) is 0.221. The van der Waals surface area contributed by atoms with E-state index in [1.807, 2.05) is 42.5 Å². The van der Waals surface area contributed by atoms with Gasteiger partial charge in [0.1, 0.15) is 5.75 Å². The van der Waals surface area contributed by atoms with Crippen molar-refractivity contribution in [3.05, 3.63) is 71.3 Å². The predicted octanol–water partition coefficient (Wildman–Crippen LogP) is 3.02. The molecule has 0 saturated carbocycles.